The van der Waals surface area contributed by atoms with E-state index in [9.17, 15) is 29.8 Å². The van der Waals surface area contributed by atoms with Gasteiger partial charge in [0, 0.05) is 36.2 Å². The van der Waals surface area contributed by atoms with Crippen LogP contribution < -0.4 is 10.6 Å². The highest BCUT2D eigenvalue weighted by Gasteiger charge is 2.41. The molecule has 2 amide bonds. The van der Waals surface area contributed by atoms with Gasteiger partial charge in [0.2, 0.25) is 11.8 Å². The van der Waals surface area contributed by atoms with Crippen molar-refractivity contribution >= 4 is 52.0 Å². The molecule has 0 saturated carbocycles. The SMILES string of the molecule is NC(=N/N=C\c1cccc([N+](=O)[O-])c1)S[C@@H]1CC(=O)N(c2cccc([N+](=O)[O-])c2)C1=O. The Hall–Kier alpha value is -4.13. The van der Waals surface area contributed by atoms with E-state index in [1.54, 1.807) is 6.07 Å². The van der Waals surface area contributed by atoms with Crippen molar-refractivity contribution in [3.05, 3.63) is 74.3 Å². The summed E-state index contributed by atoms with van der Waals surface area (Å²) >= 11 is 0.831. The highest BCUT2D eigenvalue weighted by atomic mass is 32.2. The maximum atomic E-state index is 12.6. The molecule has 1 atom stereocenters. The number of amidine groups is 1. The van der Waals surface area contributed by atoms with Gasteiger partial charge in [0.25, 0.3) is 11.4 Å². The van der Waals surface area contributed by atoms with Crippen molar-refractivity contribution < 1.29 is 19.4 Å². The zero-order valence-corrected chi connectivity index (χ0v) is 16.5. The normalized spacial score (nSPS) is 16.8. The summed E-state index contributed by atoms with van der Waals surface area (Å²) in [5, 5.41) is 28.2. The number of hydrogen-bond acceptors (Lipinski definition) is 9. The molecule has 2 aromatic carbocycles. The maximum absolute atomic E-state index is 12.6. The fourth-order valence-electron chi connectivity index (χ4n) is 2.75. The largest absolute Gasteiger partial charge is 0.377 e. The molecule has 12 nitrogen and oxygen atoms in total. The van der Waals surface area contributed by atoms with Gasteiger partial charge >= 0.3 is 0 Å². The van der Waals surface area contributed by atoms with Crippen molar-refractivity contribution in [2.75, 3.05) is 4.90 Å². The van der Waals surface area contributed by atoms with E-state index in [1.165, 1.54) is 42.6 Å². The number of amides is 2. The molecule has 1 fully saturated rings. The fourth-order valence-corrected chi connectivity index (χ4v) is 3.57. The van der Waals surface area contributed by atoms with Crippen molar-refractivity contribution in [2.45, 2.75) is 11.7 Å². The molecule has 0 spiro atoms. The molecule has 0 radical (unpaired) electrons. The third kappa shape index (κ3) is 5.08. The second kappa shape index (κ2) is 9.13. The van der Waals surface area contributed by atoms with Gasteiger partial charge in [-0.15, -0.1) is 5.10 Å². The van der Waals surface area contributed by atoms with Gasteiger partial charge in [-0.3, -0.25) is 29.8 Å². The zero-order valence-electron chi connectivity index (χ0n) is 15.7. The first-order chi connectivity index (χ1) is 14.8. The number of nitrogens with two attached hydrogens (primary N) is 1. The van der Waals surface area contributed by atoms with E-state index in [0.29, 0.717) is 5.56 Å². The summed E-state index contributed by atoms with van der Waals surface area (Å²) in [4.78, 5) is 46.4. The second-order valence-electron chi connectivity index (χ2n) is 6.19. The summed E-state index contributed by atoms with van der Waals surface area (Å²) < 4.78 is 0. The number of thioether (sulfide) groups is 1. The molecule has 3 rings (SSSR count). The van der Waals surface area contributed by atoms with E-state index in [-0.39, 0.29) is 28.7 Å². The Labute approximate surface area is 178 Å². The lowest BCUT2D eigenvalue weighted by Crippen LogP contribution is -2.31. The fraction of sp³-hybridized carbons (Fsp3) is 0.111. The summed E-state index contributed by atoms with van der Waals surface area (Å²) in [5.74, 6) is -1.09. The van der Waals surface area contributed by atoms with E-state index < -0.39 is 26.9 Å². The smallest absolute Gasteiger partial charge is 0.271 e. The average Bonchev–Trinajstić information content (AvgIpc) is 3.01. The summed E-state index contributed by atoms with van der Waals surface area (Å²) in [6.07, 6.45) is 1.11. The second-order valence-corrected chi connectivity index (χ2v) is 7.41. The van der Waals surface area contributed by atoms with Crippen LogP contribution in [-0.4, -0.2) is 38.3 Å². The number of benzene rings is 2. The zero-order chi connectivity index (χ0) is 22.5. The molecule has 1 heterocycles. The maximum Gasteiger partial charge on any atom is 0.271 e. The number of hydrogen-bond donors (Lipinski definition) is 1. The molecule has 0 aromatic heterocycles. The number of anilines is 1. The van der Waals surface area contributed by atoms with Crippen molar-refractivity contribution in [1.29, 1.82) is 0 Å². The van der Waals surface area contributed by atoms with Gasteiger partial charge in [0.05, 0.1) is 21.7 Å². The predicted octanol–water partition coefficient (Wildman–Crippen LogP) is 2.22. The van der Waals surface area contributed by atoms with Crippen molar-refractivity contribution in [3.8, 4) is 0 Å². The van der Waals surface area contributed by atoms with Crippen molar-refractivity contribution in [1.82, 2.24) is 0 Å². The quantitative estimate of drug-likeness (QED) is 0.233. The van der Waals surface area contributed by atoms with Crippen molar-refractivity contribution in [2.24, 2.45) is 15.9 Å². The van der Waals surface area contributed by atoms with E-state index in [2.05, 4.69) is 10.2 Å². The van der Waals surface area contributed by atoms with Gasteiger partial charge in [-0.1, -0.05) is 30.0 Å². The van der Waals surface area contributed by atoms with E-state index in [1.807, 2.05) is 0 Å². The van der Waals surface area contributed by atoms with Crippen LogP contribution in [0.25, 0.3) is 0 Å². The third-order valence-corrected chi connectivity index (χ3v) is 5.09. The minimum Gasteiger partial charge on any atom is -0.377 e. The molecule has 158 valence electrons. The highest BCUT2D eigenvalue weighted by molar-refractivity contribution is 8.14. The molecule has 2 N–H and O–H groups in total. The molecule has 1 aliphatic heterocycles. The van der Waals surface area contributed by atoms with Gasteiger partial charge in [-0.05, 0) is 6.07 Å². The van der Waals surface area contributed by atoms with Crippen molar-refractivity contribution in [3.63, 3.8) is 0 Å². The molecule has 13 heteroatoms. The van der Waals surface area contributed by atoms with Gasteiger partial charge in [-0.25, -0.2) is 4.90 Å². The Kier molecular flexibility index (Phi) is 6.35. The third-order valence-electron chi connectivity index (χ3n) is 4.11. The number of non-ortho nitro benzene ring substituents is 2. The molecule has 0 unspecified atom stereocenters. The van der Waals surface area contributed by atoms with E-state index >= 15 is 0 Å². The Bertz CT molecular complexity index is 1130. The predicted molar refractivity (Wildman–Crippen MR) is 114 cm³/mol. The Morgan fingerprint density at radius 1 is 1.10 bits per heavy atom. The number of carbonyl (C=O) groups is 2. The van der Waals surface area contributed by atoms with Crippen LogP contribution in [0, 0.1) is 20.2 Å². The van der Waals surface area contributed by atoms with E-state index in [4.69, 9.17) is 5.73 Å². The van der Waals surface area contributed by atoms with Crippen LogP contribution in [0.15, 0.2) is 58.7 Å². The van der Waals surface area contributed by atoms with Gasteiger partial charge < -0.3 is 5.73 Å². The van der Waals surface area contributed by atoms with E-state index in [0.717, 1.165) is 22.7 Å². The van der Waals surface area contributed by atoms with Gasteiger partial charge in [-0.2, -0.15) is 5.10 Å². The summed E-state index contributed by atoms with van der Waals surface area (Å²) in [7, 11) is 0. The molecule has 0 aliphatic carbocycles. The number of imide groups is 1. The number of nitro benzene ring substituents is 2. The molecule has 31 heavy (non-hydrogen) atoms. The first kappa shape index (κ1) is 21.6. The Morgan fingerprint density at radius 3 is 2.42 bits per heavy atom. The minimum atomic E-state index is -0.858. The lowest BCUT2D eigenvalue weighted by atomic mass is 10.2. The standard InChI is InChI=1S/C18H14N6O6S/c19-18(21-20-10-11-3-1-5-13(7-11)23(27)28)31-15-9-16(25)22(17(15)26)12-4-2-6-14(8-12)24(29)30/h1-8,10,15H,9H2,(H2,19,21)/b20-10-/t15-/m1/s1. The number of nitrogens with zero attached hydrogens (tertiary/aromatic N) is 5. The Balaban J connectivity index is 1.69. The highest BCUT2D eigenvalue weighted by Crippen LogP contribution is 2.31. The van der Waals surface area contributed by atoms with Crippen LogP contribution in [-0.2, 0) is 9.59 Å². The lowest BCUT2D eigenvalue weighted by molar-refractivity contribution is -0.385. The number of carbonyl (C=O) groups excluding carboxylic acids is 2. The van der Waals surface area contributed by atoms with Crippen LogP contribution in [0.4, 0.5) is 17.1 Å². The molecular formula is C18H14N6O6S. The summed E-state index contributed by atoms with van der Waals surface area (Å²) in [5.41, 5.74) is 5.95. The van der Waals surface area contributed by atoms with Crippen LogP contribution in [0.5, 0.6) is 0 Å². The first-order valence-corrected chi connectivity index (χ1v) is 9.53. The van der Waals surface area contributed by atoms with Gasteiger partial charge in [0.15, 0.2) is 5.17 Å². The van der Waals surface area contributed by atoms with Crippen LogP contribution >= 0.6 is 11.8 Å². The van der Waals surface area contributed by atoms with Crippen LogP contribution in [0.3, 0.4) is 0 Å². The molecule has 1 saturated heterocycles. The monoisotopic (exact) mass is 442 g/mol. The average molecular weight is 442 g/mol. The number of rotatable bonds is 6. The van der Waals surface area contributed by atoms with Gasteiger partial charge in [0.1, 0.15) is 5.25 Å². The molecular weight excluding hydrogens is 428 g/mol. The topological polar surface area (TPSA) is 174 Å². The molecule has 1 aliphatic rings. The lowest BCUT2D eigenvalue weighted by Gasteiger charge is -2.14. The van der Waals surface area contributed by atoms with Crippen LogP contribution in [0.2, 0.25) is 0 Å². The Morgan fingerprint density at radius 2 is 1.74 bits per heavy atom. The number of nitro groups is 2. The van der Waals surface area contributed by atoms with Crippen LogP contribution in [0.1, 0.15) is 12.0 Å². The molecule has 2 aromatic rings. The summed E-state index contributed by atoms with van der Waals surface area (Å²) in [6, 6.07) is 10.9. The first-order valence-electron chi connectivity index (χ1n) is 8.65. The minimum absolute atomic E-state index is 0.0891. The molecule has 0 bridgehead atoms. The summed E-state index contributed by atoms with van der Waals surface area (Å²) in [6.45, 7) is 0.